The molecule has 0 radical (unpaired) electrons. The van der Waals surface area contributed by atoms with E-state index in [9.17, 15) is 4.79 Å². The summed E-state index contributed by atoms with van der Waals surface area (Å²) in [5.74, 6) is 0.776. The summed E-state index contributed by atoms with van der Waals surface area (Å²) >= 11 is 0. The van der Waals surface area contributed by atoms with Crippen molar-refractivity contribution >= 4 is 11.6 Å². The highest BCUT2D eigenvalue weighted by Crippen LogP contribution is 2.24. The van der Waals surface area contributed by atoms with Crippen LogP contribution in [0, 0.1) is 5.92 Å². The maximum absolute atomic E-state index is 11.8. The number of hydrogen-bond donors (Lipinski definition) is 2. The zero-order chi connectivity index (χ0) is 12.1. The van der Waals surface area contributed by atoms with Crippen molar-refractivity contribution in [2.75, 3.05) is 19.4 Å². The number of ether oxygens (including phenoxy) is 1. The van der Waals surface area contributed by atoms with Crippen LogP contribution < -0.4 is 15.8 Å². The fraction of sp³-hybridized carbons (Fsp3) is 0.417. The average Bonchev–Trinajstić information content (AvgIpc) is 2.26. The van der Waals surface area contributed by atoms with Crippen molar-refractivity contribution in [1.29, 1.82) is 0 Å². The molecule has 0 aliphatic rings. The number of rotatable bonds is 4. The lowest BCUT2D eigenvalue weighted by Crippen LogP contribution is -2.28. The lowest BCUT2D eigenvalue weighted by molar-refractivity contribution is 0.0949. The van der Waals surface area contributed by atoms with Crippen molar-refractivity contribution < 1.29 is 9.53 Å². The normalized spacial score (nSPS) is 10.2. The van der Waals surface area contributed by atoms with E-state index in [1.54, 1.807) is 18.2 Å². The van der Waals surface area contributed by atoms with Gasteiger partial charge in [0, 0.05) is 6.54 Å². The van der Waals surface area contributed by atoms with Crippen LogP contribution >= 0.6 is 0 Å². The van der Waals surface area contributed by atoms with Crippen LogP contribution in [0.5, 0.6) is 5.75 Å². The fourth-order valence-corrected chi connectivity index (χ4v) is 1.31. The predicted molar refractivity (Wildman–Crippen MR) is 64.6 cm³/mol. The molecule has 0 spiro atoms. The Morgan fingerprint density at radius 3 is 2.75 bits per heavy atom. The number of methoxy groups -OCH3 is 1. The molecule has 0 saturated heterocycles. The van der Waals surface area contributed by atoms with Crippen LogP contribution in [-0.4, -0.2) is 19.6 Å². The summed E-state index contributed by atoms with van der Waals surface area (Å²) in [6.45, 7) is 4.71. The molecule has 0 atom stereocenters. The number of nitrogens with one attached hydrogen (secondary N) is 1. The quantitative estimate of drug-likeness (QED) is 0.761. The standard InChI is InChI=1S/C12H18N2O2/c1-8(2)7-14-12(15)9-5-4-6-10(16-3)11(9)13/h4-6,8H,7,13H2,1-3H3,(H,14,15). The molecule has 1 aromatic carbocycles. The van der Waals surface area contributed by atoms with Gasteiger partial charge < -0.3 is 15.8 Å². The molecule has 88 valence electrons. The van der Waals surface area contributed by atoms with Gasteiger partial charge in [0.25, 0.3) is 5.91 Å². The summed E-state index contributed by atoms with van der Waals surface area (Å²) in [7, 11) is 1.53. The predicted octanol–water partition coefficient (Wildman–Crippen LogP) is 1.66. The molecule has 1 amide bonds. The largest absolute Gasteiger partial charge is 0.495 e. The Morgan fingerprint density at radius 1 is 1.50 bits per heavy atom. The van der Waals surface area contributed by atoms with E-state index in [4.69, 9.17) is 10.5 Å². The first-order valence-electron chi connectivity index (χ1n) is 5.27. The third-order valence-corrected chi connectivity index (χ3v) is 2.20. The van der Waals surface area contributed by atoms with Gasteiger partial charge in [-0.2, -0.15) is 0 Å². The van der Waals surface area contributed by atoms with Gasteiger partial charge in [-0.05, 0) is 18.1 Å². The number of nitrogen functional groups attached to an aromatic ring is 1. The second kappa shape index (κ2) is 5.39. The van der Waals surface area contributed by atoms with E-state index < -0.39 is 0 Å². The summed E-state index contributed by atoms with van der Waals surface area (Å²) in [5, 5.41) is 2.82. The Kier molecular flexibility index (Phi) is 4.17. The molecule has 0 aromatic heterocycles. The molecule has 0 fully saturated rings. The maximum Gasteiger partial charge on any atom is 0.253 e. The van der Waals surface area contributed by atoms with Gasteiger partial charge in [-0.1, -0.05) is 19.9 Å². The Labute approximate surface area is 95.8 Å². The number of anilines is 1. The lowest BCUT2D eigenvalue weighted by atomic mass is 10.1. The number of amides is 1. The monoisotopic (exact) mass is 222 g/mol. The molecule has 3 N–H and O–H groups in total. The minimum atomic E-state index is -0.162. The number of carbonyl (C=O) groups excluding carboxylic acids is 1. The van der Waals surface area contributed by atoms with Crippen LogP contribution in [0.3, 0.4) is 0 Å². The molecule has 4 heteroatoms. The molecule has 0 bridgehead atoms. The average molecular weight is 222 g/mol. The van der Waals surface area contributed by atoms with Gasteiger partial charge in [0.2, 0.25) is 0 Å². The van der Waals surface area contributed by atoms with Crippen LogP contribution in [-0.2, 0) is 0 Å². The van der Waals surface area contributed by atoms with Crippen molar-refractivity contribution in [1.82, 2.24) is 5.32 Å². The molecule has 0 saturated carbocycles. The molecule has 1 rings (SSSR count). The van der Waals surface area contributed by atoms with Gasteiger partial charge in [0.1, 0.15) is 5.75 Å². The second-order valence-corrected chi connectivity index (χ2v) is 4.03. The van der Waals surface area contributed by atoms with Gasteiger partial charge in [0.15, 0.2) is 0 Å². The van der Waals surface area contributed by atoms with E-state index in [0.29, 0.717) is 29.5 Å². The molecule has 0 heterocycles. The molecule has 0 aliphatic carbocycles. The lowest BCUT2D eigenvalue weighted by Gasteiger charge is -2.11. The number of benzene rings is 1. The van der Waals surface area contributed by atoms with E-state index in [1.165, 1.54) is 7.11 Å². The smallest absolute Gasteiger partial charge is 0.253 e. The van der Waals surface area contributed by atoms with Gasteiger partial charge in [-0.25, -0.2) is 0 Å². The zero-order valence-electron chi connectivity index (χ0n) is 9.91. The zero-order valence-corrected chi connectivity index (χ0v) is 9.91. The van der Waals surface area contributed by atoms with Gasteiger partial charge in [0.05, 0.1) is 18.4 Å². The summed E-state index contributed by atoms with van der Waals surface area (Å²) in [5.41, 5.74) is 6.65. The number of carbonyl (C=O) groups is 1. The molecule has 0 unspecified atom stereocenters. The summed E-state index contributed by atoms with van der Waals surface area (Å²) in [6.07, 6.45) is 0. The van der Waals surface area contributed by atoms with E-state index in [2.05, 4.69) is 5.32 Å². The third kappa shape index (κ3) is 2.89. The molecular weight excluding hydrogens is 204 g/mol. The van der Waals surface area contributed by atoms with E-state index in [-0.39, 0.29) is 5.91 Å². The minimum Gasteiger partial charge on any atom is -0.495 e. The van der Waals surface area contributed by atoms with Crippen LogP contribution in [0.1, 0.15) is 24.2 Å². The Balaban J connectivity index is 2.83. The Hall–Kier alpha value is -1.71. The molecular formula is C12H18N2O2. The highest BCUT2D eigenvalue weighted by Gasteiger charge is 2.12. The topological polar surface area (TPSA) is 64.3 Å². The van der Waals surface area contributed by atoms with Gasteiger partial charge in [-0.3, -0.25) is 4.79 Å². The van der Waals surface area contributed by atoms with E-state index >= 15 is 0 Å². The number of hydrogen-bond acceptors (Lipinski definition) is 3. The van der Waals surface area contributed by atoms with Gasteiger partial charge in [-0.15, -0.1) is 0 Å². The van der Waals surface area contributed by atoms with Crippen LogP contribution in [0.25, 0.3) is 0 Å². The van der Waals surface area contributed by atoms with E-state index in [1.807, 2.05) is 13.8 Å². The minimum absolute atomic E-state index is 0.162. The first-order chi connectivity index (χ1) is 7.56. The SMILES string of the molecule is COc1cccc(C(=O)NCC(C)C)c1N. The van der Waals surface area contributed by atoms with Crippen LogP contribution in [0.2, 0.25) is 0 Å². The second-order valence-electron chi connectivity index (χ2n) is 4.03. The summed E-state index contributed by atoms with van der Waals surface area (Å²) < 4.78 is 5.06. The van der Waals surface area contributed by atoms with Crippen molar-refractivity contribution in [3.05, 3.63) is 23.8 Å². The van der Waals surface area contributed by atoms with Crippen LogP contribution in [0.15, 0.2) is 18.2 Å². The van der Waals surface area contributed by atoms with Crippen molar-refractivity contribution in [3.8, 4) is 5.75 Å². The third-order valence-electron chi connectivity index (χ3n) is 2.20. The first-order valence-corrected chi connectivity index (χ1v) is 5.27. The summed E-state index contributed by atoms with van der Waals surface area (Å²) in [6, 6.07) is 5.17. The molecule has 16 heavy (non-hydrogen) atoms. The summed E-state index contributed by atoms with van der Waals surface area (Å²) in [4.78, 5) is 11.8. The first kappa shape index (κ1) is 12.4. The van der Waals surface area contributed by atoms with Crippen molar-refractivity contribution in [2.24, 2.45) is 5.92 Å². The number of para-hydroxylation sites is 1. The van der Waals surface area contributed by atoms with Crippen molar-refractivity contribution in [3.63, 3.8) is 0 Å². The molecule has 4 nitrogen and oxygen atoms in total. The fourth-order valence-electron chi connectivity index (χ4n) is 1.31. The molecule has 0 aliphatic heterocycles. The Morgan fingerprint density at radius 2 is 2.19 bits per heavy atom. The molecule has 1 aromatic rings. The van der Waals surface area contributed by atoms with Crippen LogP contribution in [0.4, 0.5) is 5.69 Å². The Bertz CT molecular complexity index is 375. The number of nitrogens with two attached hydrogens (primary N) is 1. The van der Waals surface area contributed by atoms with Crippen molar-refractivity contribution in [2.45, 2.75) is 13.8 Å². The maximum atomic E-state index is 11.8. The highest BCUT2D eigenvalue weighted by molar-refractivity contribution is 6.00. The van der Waals surface area contributed by atoms with E-state index in [0.717, 1.165) is 0 Å². The highest BCUT2D eigenvalue weighted by atomic mass is 16.5. The van der Waals surface area contributed by atoms with Gasteiger partial charge >= 0.3 is 0 Å².